The van der Waals surface area contributed by atoms with Crippen LogP contribution in [0, 0.1) is 18.3 Å². The van der Waals surface area contributed by atoms with Crippen molar-refractivity contribution in [2.75, 3.05) is 42.5 Å². The van der Waals surface area contributed by atoms with E-state index in [9.17, 15) is 9.59 Å². The molecule has 46 heavy (non-hydrogen) atoms. The third-order valence-corrected chi connectivity index (χ3v) is 9.46. The zero-order chi connectivity index (χ0) is 32.5. The highest BCUT2D eigenvalue weighted by Gasteiger charge is 2.41. The number of nitrogens with zero attached hydrogens (tertiary/aromatic N) is 4. The summed E-state index contributed by atoms with van der Waals surface area (Å²) in [5.41, 5.74) is 1.92. The molecule has 246 valence electrons. The summed E-state index contributed by atoms with van der Waals surface area (Å²) < 4.78 is 11.3. The van der Waals surface area contributed by atoms with Gasteiger partial charge in [-0.3, -0.25) is 9.59 Å². The van der Waals surface area contributed by atoms with Gasteiger partial charge in [0.05, 0.1) is 25.6 Å². The van der Waals surface area contributed by atoms with Crippen LogP contribution in [0.25, 0.3) is 0 Å². The molecule has 2 fully saturated rings. The van der Waals surface area contributed by atoms with Crippen LogP contribution in [0.2, 0.25) is 0 Å². The number of hydrogen-bond donors (Lipinski definition) is 2. The molecule has 1 aromatic heterocycles. The third-order valence-electron chi connectivity index (χ3n) is 9.46. The van der Waals surface area contributed by atoms with E-state index in [1.54, 1.807) is 37.4 Å². The lowest BCUT2D eigenvalue weighted by Gasteiger charge is -2.43. The van der Waals surface area contributed by atoms with Crippen molar-refractivity contribution < 1.29 is 19.1 Å². The predicted molar refractivity (Wildman–Crippen MR) is 182 cm³/mol. The standard InChI is InChI=1S/C36H48N6O4/c1-5-7-10-21-46-22-11-12-25-15-18-27(19-16-25)38-34(43)26-17-20-29(32(23-26)45-4)39-36-37-24-31-33(40-36)42(28-13-8-9-14-28)30(6-2)35(44)41(31)3/h1,11-12,17,20,23-25,27-28,30H,6-10,13-16,18-19,21-22H2,2-4H3,(H,38,43)(H,37,39,40)/b12-11+/t25?,27?,30-/m1/s1. The summed E-state index contributed by atoms with van der Waals surface area (Å²) in [7, 11) is 3.38. The number of terminal acetylenes is 1. The van der Waals surface area contributed by atoms with Crippen molar-refractivity contribution in [3.63, 3.8) is 0 Å². The van der Waals surface area contributed by atoms with Gasteiger partial charge >= 0.3 is 0 Å². The van der Waals surface area contributed by atoms with Crippen LogP contribution in [0.3, 0.4) is 0 Å². The second kappa shape index (κ2) is 15.9. The van der Waals surface area contributed by atoms with E-state index in [2.05, 4.69) is 45.5 Å². The molecule has 3 aliphatic rings. The SMILES string of the molecule is C#CCCCOC/C=C/C1CCC(NC(=O)c2ccc(Nc3ncc4c(n3)N(C3CCCC3)[C@H](CC)C(=O)N4C)c(OC)c2)CC1. The van der Waals surface area contributed by atoms with Gasteiger partial charge in [-0.15, -0.1) is 12.3 Å². The number of ether oxygens (including phenoxy) is 2. The Morgan fingerprint density at radius 1 is 1.17 bits per heavy atom. The first-order chi connectivity index (χ1) is 22.4. The molecule has 10 heteroatoms. The summed E-state index contributed by atoms with van der Waals surface area (Å²) in [5.74, 6) is 4.83. The van der Waals surface area contributed by atoms with Crippen molar-refractivity contribution in [2.24, 2.45) is 5.92 Å². The third kappa shape index (κ3) is 7.81. The predicted octanol–water partition coefficient (Wildman–Crippen LogP) is 6.01. The number of fused-ring (bicyclic) bond motifs is 1. The Hall–Kier alpha value is -4.10. The number of amides is 2. The average Bonchev–Trinajstić information content (AvgIpc) is 3.61. The Bertz CT molecular complexity index is 1420. The second-order valence-corrected chi connectivity index (χ2v) is 12.5. The van der Waals surface area contributed by atoms with Gasteiger partial charge in [0.1, 0.15) is 17.5 Å². The van der Waals surface area contributed by atoms with Crippen LogP contribution >= 0.6 is 0 Å². The molecule has 5 rings (SSSR count). The number of carbonyl (C=O) groups is 2. The number of carbonyl (C=O) groups excluding carboxylic acids is 2. The molecular formula is C36H48N6O4. The summed E-state index contributed by atoms with van der Waals surface area (Å²) in [6, 6.07) is 5.56. The van der Waals surface area contributed by atoms with E-state index in [-0.39, 0.29) is 29.9 Å². The van der Waals surface area contributed by atoms with E-state index >= 15 is 0 Å². The zero-order valence-electron chi connectivity index (χ0n) is 27.5. The Morgan fingerprint density at radius 3 is 2.67 bits per heavy atom. The number of likely N-dealkylation sites (N-methyl/N-ethyl adjacent to an activating group) is 1. The summed E-state index contributed by atoms with van der Waals surface area (Å²) in [6.45, 7) is 3.36. The molecule has 1 aromatic carbocycles. The minimum absolute atomic E-state index is 0.0836. The lowest BCUT2D eigenvalue weighted by atomic mass is 9.85. The highest BCUT2D eigenvalue weighted by molar-refractivity contribution is 6.04. The fourth-order valence-electron chi connectivity index (χ4n) is 6.90. The summed E-state index contributed by atoms with van der Waals surface area (Å²) in [4.78, 5) is 39.8. The maximum atomic E-state index is 13.2. The van der Waals surface area contributed by atoms with Crippen molar-refractivity contribution in [3.8, 4) is 18.1 Å². The highest BCUT2D eigenvalue weighted by atomic mass is 16.5. The van der Waals surface area contributed by atoms with E-state index in [1.807, 2.05) is 6.07 Å². The Balaban J connectivity index is 1.20. The van der Waals surface area contributed by atoms with Gasteiger partial charge in [-0.25, -0.2) is 4.98 Å². The van der Waals surface area contributed by atoms with E-state index in [4.69, 9.17) is 20.9 Å². The first-order valence-electron chi connectivity index (χ1n) is 16.8. The highest BCUT2D eigenvalue weighted by Crippen LogP contribution is 2.40. The number of hydrogen-bond acceptors (Lipinski definition) is 8. The smallest absolute Gasteiger partial charge is 0.251 e. The second-order valence-electron chi connectivity index (χ2n) is 12.5. The van der Waals surface area contributed by atoms with Gasteiger partial charge < -0.3 is 29.9 Å². The van der Waals surface area contributed by atoms with Gasteiger partial charge in [-0.05, 0) is 75.5 Å². The molecule has 0 radical (unpaired) electrons. The topological polar surface area (TPSA) is 109 Å². The van der Waals surface area contributed by atoms with Crippen LogP contribution in [0.5, 0.6) is 5.75 Å². The monoisotopic (exact) mass is 628 g/mol. The number of rotatable bonds is 13. The van der Waals surface area contributed by atoms with Crippen molar-refractivity contribution in [2.45, 2.75) is 95.7 Å². The molecule has 2 heterocycles. The molecule has 1 atom stereocenters. The normalized spacial score (nSPS) is 21.7. The van der Waals surface area contributed by atoms with Crippen molar-refractivity contribution >= 4 is 35.0 Å². The van der Waals surface area contributed by atoms with Crippen LogP contribution in [-0.4, -0.2) is 67.3 Å². The van der Waals surface area contributed by atoms with E-state index in [1.165, 1.54) is 0 Å². The van der Waals surface area contributed by atoms with Gasteiger partial charge in [-0.2, -0.15) is 4.98 Å². The molecule has 0 saturated heterocycles. The molecule has 10 nitrogen and oxygen atoms in total. The summed E-state index contributed by atoms with van der Waals surface area (Å²) in [6.07, 6.45) is 22.1. The minimum Gasteiger partial charge on any atom is -0.495 e. The molecule has 2 N–H and O–H groups in total. The molecule has 0 spiro atoms. The molecule has 2 aromatic rings. The first-order valence-corrected chi connectivity index (χ1v) is 16.8. The van der Waals surface area contributed by atoms with Crippen molar-refractivity contribution in [1.29, 1.82) is 0 Å². The van der Waals surface area contributed by atoms with E-state index in [0.717, 1.165) is 75.7 Å². The molecule has 0 unspecified atom stereocenters. The largest absolute Gasteiger partial charge is 0.495 e. The van der Waals surface area contributed by atoms with Gasteiger partial charge in [0.15, 0.2) is 5.82 Å². The fourth-order valence-corrected chi connectivity index (χ4v) is 6.90. The van der Waals surface area contributed by atoms with Gasteiger partial charge in [0.2, 0.25) is 11.9 Å². The lowest BCUT2D eigenvalue weighted by Crippen LogP contribution is -2.55. The minimum atomic E-state index is -0.239. The van der Waals surface area contributed by atoms with Gasteiger partial charge in [0, 0.05) is 37.7 Å². The van der Waals surface area contributed by atoms with Crippen molar-refractivity contribution in [3.05, 3.63) is 42.1 Å². The molecule has 2 amide bonds. The number of nitrogens with one attached hydrogen (secondary N) is 2. The van der Waals surface area contributed by atoms with Crippen LogP contribution in [0.4, 0.5) is 23.1 Å². The number of allylic oxidation sites excluding steroid dienone is 1. The number of benzene rings is 1. The fraction of sp³-hybridized carbons (Fsp3) is 0.556. The Labute approximate surface area is 273 Å². The van der Waals surface area contributed by atoms with Gasteiger partial charge in [-0.1, -0.05) is 31.9 Å². The Kier molecular flexibility index (Phi) is 11.5. The average molecular weight is 629 g/mol. The van der Waals surface area contributed by atoms with Crippen LogP contribution in [-0.2, 0) is 9.53 Å². The molecule has 2 saturated carbocycles. The molecular weight excluding hydrogens is 580 g/mol. The molecule has 2 aliphatic carbocycles. The number of unbranched alkanes of at least 4 members (excludes halogenated alkanes) is 1. The summed E-state index contributed by atoms with van der Waals surface area (Å²) in [5, 5.41) is 6.51. The Morgan fingerprint density at radius 2 is 1.96 bits per heavy atom. The quantitative estimate of drug-likeness (QED) is 0.158. The summed E-state index contributed by atoms with van der Waals surface area (Å²) >= 11 is 0. The molecule has 1 aliphatic heterocycles. The lowest BCUT2D eigenvalue weighted by molar-refractivity contribution is -0.120. The van der Waals surface area contributed by atoms with Crippen LogP contribution < -0.4 is 25.2 Å². The number of aromatic nitrogens is 2. The number of methoxy groups -OCH3 is 1. The maximum Gasteiger partial charge on any atom is 0.251 e. The van der Waals surface area contributed by atoms with Crippen LogP contribution in [0.15, 0.2) is 36.5 Å². The van der Waals surface area contributed by atoms with E-state index in [0.29, 0.717) is 48.5 Å². The number of anilines is 4. The zero-order valence-corrected chi connectivity index (χ0v) is 27.5. The van der Waals surface area contributed by atoms with Gasteiger partial charge in [0.25, 0.3) is 5.91 Å². The maximum absolute atomic E-state index is 13.2. The first kappa shape index (κ1) is 33.3. The van der Waals surface area contributed by atoms with Crippen LogP contribution in [0.1, 0.15) is 87.9 Å². The van der Waals surface area contributed by atoms with E-state index < -0.39 is 0 Å². The van der Waals surface area contributed by atoms with Crippen molar-refractivity contribution in [1.82, 2.24) is 15.3 Å². The molecule has 0 bridgehead atoms.